The molecular formula is C17H16ClF3N4O. The number of hydrogen-bond acceptors (Lipinski definition) is 4. The van der Waals surface area contributed by atoms with Gasteiger partial charge in [-0.2, -0.15) is 13.2 Å². The van der Waals surface area contributed by atoms with Gasteiger partial charge in [0.1, 0.15) is 5.82 Å². The Morgan fingerprint density at radius 2 is 2.04 bits per heavy atom. The number of aromatic nitrogens is 2. The molecule has 138 valence electrons. The van der Waals surface area contributed by atoms with Crippen LogP contribution in [-0.2, 0) is 30.6 Å². The lowest BCUT2D eigenvalue weighted by molar-refractivity contribution is -0.138. The Morgan fingerprint density at radius 3 is 2.69 bits per heavy atom. The van der Waals surface area contributed by atoms with Crippen molar-refractivity contribution in [2.24, 2.45) is 0 Å². The zero-order chi connectivity index (χ0) is 19.1. The molecule has 1 aromatic carbocycles. The highest BCUT2D eigenvalue weighted by Crippen LogP contribution is 2.33. The van der Waals surface area contributed by atoms with Gasteiger partial charge >= 0.3 is 6.18 Å². The van der Waals surface area contributed by atoms with E-state index in [1.807, 2.05) is 0 Å². The van der Waals surface area contributed by atoms with E-state index in [0.29, 0.717) is 30.2 Å². The first-order valence-corrected chi connectivity index (χ1v) is 8.25. The van der Waals surface area contributed by atoms with Crippen molar-refractivity contribution >= 4 is 23.3 Å². The highest BCUT2D eigenvalue weighted by atomic mass is 35.5. The number of carbonyl (C=O) groups is 1. The number of anilines is 1. The molecule has 2 aromatic rings. The average molecular weight is 385 g/mol. The molecule has 1 aliphatic heterocycles. The fourth-order valence-electron chi connectivity index (χ4n) is 2.95. The number of fused-ring (bicyclic) bond motifs is 1. The van der Waals surface area contributed by atoms with Gasteiger partial charge in [0.15, 0.2) is 0 Å². The predicted molar refractivity (Wildman–Crippen MR) is 90.5 cm³/mol. The van der Waals surface area contributed by atoms with Gasteiger partial charge in [-0.15, -0.1) is 0 Å². The van der Waals surface area contributed by atoms with Gasteiger partial charge in [0.05, 0.1) is 24.3 Å². The number of amides is 1. The monoisotopic (exact) mass is 384 g/mol. The quantitative estimate of drug-likeness (QED) is 0.814. The first kappa shape index (κ1) is 18.4. The van der Waals surface area contributed by atoms with Crippen molar-refractivity contribution in [3.05, 3.63) is 51.4 Å². The average Bonchev–Trinajstić information content (AvgIpc) is 2.96. The maximum atomic E-state index is 13.0. The van der Waals surface area contributed by atoms with Crippen LogP contribution in [-0.4, -0.2) is 20.8 Å². The molecule has 0 saturated carbocycles. The van der Waals surface area contributed by atoms with Crippen LogP contribution < -0.4 is 5.32 Å². The Bertz CT molecular complexity index is 870. The molecule has 5 nitrogen and oxygen atoms in total. The molecule has 0 fully saturated rings. The molecule has 9 heteroatoms. The van der Waals surface area contributed by atoms with Crippen molar-refractivity contribution in [3.8, 4) is 0 Å². The zero-order valence-corrected chi connectivity index (χ0v) is 14.9. The zero-order valence-electron chi connectivity index (χ0n) is 14.1. The second-order valence-electron chi connectivity index (χ2n) is 6.08. The molecule has 1 N–H and O–H groups in total. The number of alkyl halides is 3. The van der Waals surface area contributed by atoms with Gasteiger partial charge in [-0.25, -0.2) is 9.97 Å². The molecule has 1 aliphatic rings. The van der Waals surface area contributed by atoms with Gasteiger partial charge in [0.25, 0.3) is 0 Å². The SMILES string of the molecule is CC(=O)N1Cc2nc(Cl)nc(NCc3cccc(C(F)(F)F)c3C)c2C1. The molecule has 3 rings (SSSR count). The van der Waals surface area contributed by atoms with E-state index in [4.69, 9.17) is 11.6 Å². The summed E-state index contributed by atoms with van der Waals surface area (Å²) in [5, 5.41) is 3.07. The second kappa shape index (κ2) is 6.75. The van der Waals surface area contributed by atoms with E-state index in [2.05, 4.69) is 15.3 Å². The summed E-state index contributed by atoms with van der Waals surface area (Å²) in [6, 6.07) is 4.06. The molecule has 0 atom stereocenters. The van der Waals surface area contributed by atoms with Crippen LogP contribution in [0.3, 0.4) is 0 Å². The van der Waals surface area contributed by atoms with Crippen molar-refractivity contribution in [2.45, 2.75) is 39.7 Å². The van der Waals surface area contributed by atoms with Crippen LogP contribution in [0.5, 0.6) is 0 Å². The summed E-state index contributed by atoms with van der Waals surface area (Å²) in [6.45, 7) is 3.72. The minimum Gasteiger partial charge on any atom is -0.366 e. The van der Waals surface area contributed by atoms with Crippen LogP contribution in [0.4, 0.5) is 19.0 Å². The van der Waals surface area contributed by atoms with E-state index >= 15 is 0 Å². The third kappa shape index (κ3) is 3.60. The molecule has 0 spiro atoms. The third-order valence-electron chi connectivity index (χ3n) is 4.40. The van der Waals surface area contributed by atoms with E-state index < -0.39 is 11.7 Å². The van der Waals surface area contributed by atoms with E-state index in [0.717, 1.165) is 11.6 Å². The maximum absolute atomic E-state index is 13.0. The smallest absolute Gasteiger partial charge is 0.366 e. The van der Waals surface area contributed by atoms with E-state index in [-0.39, 0.29) is 23.3 Å². The largest absolute Gasteiger partial charge is 0.416 e. The Balaban J connectivity index is 1.86. The number of rotatable bonds is 3. The van der Waals surface area contributed by atoms with Crippen LogP contribution >= 0.6 is 11.6 Å². The Hall–Kier alpha value is -2.35. The summed E-state index contributed by atoms with van der Waals surface area (Å²) in [5.41, 5.74) is 1.38. The fraction of sp³-hybridized carbons (Fsp3) is 0.353. The second-order valence-corrected chi connectivity index (χ2v) is 6.42. The first-order chi connectivity index (χ1) is 12.2. The number of nitrogens with one attached hydrogen (secondary N) is 1. The summed E-state index contributed by atoms with van der Waals surface area (Å²) in [6.07, 6.45) is -4.40. The summed E-state index contributed by atoms with van der Waals surface area (Å²) in [7, 11) is 0. The normalized spacial score (nSPS) is 13.7. The van der Waals surface area contributed by atoms with Gasteiger partial charge < -0.3 is 10.2 Å². The molecule has 1 aromatic heterocycles. The number of hydrogen-bond donors (Lipinski definition) is 1. The summed E-state index contributed by atoms with van der Waals surface area (Å²) in [5.74, 6) is 0.333. The topological polar surface area (TPSA) is 58.1 Å². The fourth-order valence-corrected chi connectivity index (χ4v) is 3.14. The number of nitrogens with zero attached hydrogens (tertiary/aromatic N) is 3. The maximum Gasteiger partial charge on any atom is 0.416 e. The molecular weight excluding hydrogens is 369 g/mol. The Kier molecular flexibility index (Phi) is 4.79. The number of halogens is 4. The van der Waals surface area contributed by atoms with Gasteiger partial charge in [0, 0.05) is 19.0 Å². The van der Waals surface area contributed by atoms with Crippen molar-refractivity contribution in [3.63, 3.8) is 0 Å². The Labute approximate surface area is 153 Å². The summed E-state index contributed by atoms with van der Waals surface area (Å²) < 4.78 is 39.1. The molecule has 0 radical (unpaired) electrons. The van der Waals surface area contributed by atoms with Crippen LogP contribution in [0, 0.1) is 6.92 Å². The van der Waals surface area contributed by atoms with Crippen LogP contribution in [0.25, 0.3) is 0 Å². The predicted octanol–water partition coefficient (Wildman–Crippen LogP) is 3.93. The summed E-state index contributed by atoms with van der Waals surface area (Å²) >= 11 is 5.94. The highest BCUT2D eigenvalue weighted by Gasteiger charge is 2.33. The van der Waals surface area contributed by atoms with Crippen LogP contribution in [0.1, 0.15) is 34.9 Å². The van der Waals surface area contributed by atoms with E-state index in [1.54, 1.807) is 11.0 Å². The molecule has 1 amide bonds. The van der Waals surface area contributed by atoms with Crippen molar-refractivity contribution in [1.82, 2.24) is 14.9 Å². The first-order valence-electron chi connectivity index (χ1n) is 7.87. The van der Waals surface area contributed by atoms with E-state index in [9.17, 15) is 18.0 Å². The van der Waals surface area contributed by atoms with Crippen molar-refractivity contribution in [2.75, 3.05) is 5.32 Å². The molecule has 0 saturated heterocycles. The van der Waals surface area contributed by atoms with Gasteiger partial charge in [-0.1, -0.05) is 12.1 Å². The van der Waals surface area contributed by atoms with Gasteiger partial charge in [-0.05, 0) is 35.7 Å². The molecule has 26 heavy (non-hydrogen) atoms. The highest BCUT2D eigenvalue weighted by molar-refractivity contribution is 6.28. The van der Waals surface area contributed by atoms with Crippen LogP contribution in [0.2, 0.25) is 5.28 Å². The molecule has 0 bridgehead atoms. The van der Waals surface area contributed by atoms with Crippen molar-refractivity contribution < 1.29 is 18.0 Å². The Morgan fingerprint density at radius 1 is 1.31 bits per heavy atom. The molecule has 0 aliphatic carbocycles. The molecule has 0 unspecified atom stereocenters. The van der Waals surface area contributed by atoms with Crippen LogP contribution in [0.15, 0.2) is 18.2 Å². The minimum atomic E-state index is -4.40. The standard InChI is InChI=1S/C17H16ClF3N4O/c1-9-11(4-3-5-13(9)17(19,20)21)6-22-15-12-7-25(10(2)26)8-14(12)23-16(18)24-15/h3-5H,6-8H2,1-2H3,(H,22,23,24). The third-order valence-corrected chi connectivity index (χ3v) is 4.57. The van der Waals surface area contributed by atoms with Gasteiger partial charge in [-0.3, -0.25) is 4.79 Å². The molecule has 2 heterocycles. The minimum absolute atomic E-state index is 0.0254. The lowest BCUT2D eigenvalue weighted by atomic mass is 10.0. The van der Waals surface area contributed by atoms with E-state index in [1.165, 1.54) is 19.9 Å². The number of carbonyl (C=O) groups excluding carboxylic acids is 1. The van der Waals surface area contributed by atoms with Crippen molar-refractivity contribution in [1.29, 1.82) is 0 Å². The number of benzene rings is 1. The lowest BCUT2D eigenvalue weighted by Crippen LogP contribution is -2.22. The lowest BCUT2D eigenvalue weighted by Gasteiger charge is -2.16. The van der Waals surface area contributed by atoms with Gasteiger partial charge in [0.2, 0.25) is 11.2 Å². The summed E-state index contributed by atoms with van der Waals surface area (Å²) in [4.78, 5) is 21.5.